The maximum absolute atomic E-state index is 6.02. The number of halogens is 2. The average molecular weight is 323 g/mol. The van der Waals surface area contributed by atoms with Gasteiger partial charge in [0.25, 0.3) is 0 Å². The highest BCUT2D eigenvalue weighted by Crippen LogP contribution is 2.32. The van der Waals surface area contributed by atoms with Crippen molar-refractivity contribution in [2.45, 2.75) is 45.2 Å². The molecule has 1 fully saturated rings. The Morgan fingerprint density at radius 3 is 2.81 bits per heavy atom. The summed E-state index contributed by atoms with van der Waals surface area (Å²) in [5.41, 5.74) is 0. The molecule has 16 heavy (non-hydrogen) atoms. The lowest BCUT2D eigenvalue weighted by Gasteiger charge is -2.19. The topological polar surface area (TPSA) is 12.0 Å². The van der Waals surface area contributed by atoms with Crippen molar-refractivity contribution >= 4 is 38.9 Å². The molecule has 1 aromatic rings. The molecule has 2 rings (SSSR count). The average Bonchev–Trinajstić information content (AvgIpc) is 2.86. The highest BCUT2D eigenvalue weighted by molar-refractivity contribution is 9.10. The molecular formula is C12H17BrClNS. The summed E-state index contributed by atoms with van der Waals surface area (Å²) in [5.74, 6) is 0.874. The second-order valence-electron chi connectivity index (χ2n) is 4.55. The normalized spacial score (nSPS) is 19.2. The predicted molar refractivity (Wildman–Crippen MR) is 75.3 cm³/mol. The molecule has 0 radical (unpaired) electrons. The molecule has 1 nitrogen and oxygen atoms in total. The summed E-state index contributed by atoms with van der Waals surface area (Å²) < 4.78 is 1.87. The first kappa shape index (κ1) is 12.9. The van der Waals surface area contributed by atoms with Crippen molar-refractivity contribution in [2.24, 2.45) is 5.92 Å². The first-order valence-electron chi connectivity index (χ1n) is 5.84. The summed E-state index contributed by atoms with van der Waals surface area (Å²) in [7, 11) is 0. The van der Waals surface area contributed by atoms with E-state index in [4.69, 9.17) is 11.6 Å². The van der Waals surface area contributed by atoms with Gasteiger partial charge in [-0.25, -0.2) is 0 Å². The minimum absolute atomic E-state index is 0.627. The fraction of sp³-hybridized carbons (Fsp3) is 0.667. The Hall–Kier alpha value is 0.430. The third-order valence-electron chi connectivity index (χ3n) is 3.40. The van der Waals surface area contributed by atoms with Crippen LogP contribution in [-0.2, 0) is 6.54 Å². The maximum Gasteiger partial charge on any atom is 0.107 e. The lowest BCUT2D eigenvalue weighted by Crippen LogP contribution is -2.31. The van der Waals surface area contributed by atoms with E-state index in [9.17, 15) is 0 Å². The highest BCUT2D eigenvalue weighted by Gasteiger charge is 2.21. The summed E-state index contributed by atoms with van der Waals surface area (Å²) in [6, 6.07) is 2.74. The lowest BCUT2D eigenvalue weighted by molar-refractivity contribution is 0.381. The van der Waals surface area contributed by atoms with E-state index in [1.165, 1.54) is 30.6 Å². The summed E-state index contributed by atoms with van der Waals surface area (Å²) in [4.78, 5) is 1.31. The second-order valence-corrected chi connectivity index (χ2v) is 7.14. The zero-order valence-electron chi connectivity index (χ0n) is 9.43. The van der Waals surface area contributed by atoms with Gasteiger partial charge < -0.3 is 5.32 Å². The van der Waals surface area contributed by atoms with Gasteiger partial charge in [0, 0.05) is 21.9 Å². The molecule has 1 aliphatic rings. The second kappa shape index (κ2) is 5.85. The van der Waals surface area contributed by atoms with Crippen LogP contribution >= 0.6 is 38.9 Å². The molecule has 1 heterocycles. The smallest absolute Gasteiger partial charge is 0.107 e. The molecule has 1 aliphatic carbocycles. The molecule has 0 saturated heterocycles. The maximum atomic E-state index is 6.02. The molecule has 0 bridgehead atoms. The first-order valence-corrected chi connectivity index (χ1v) is 7.82. The van der Waals surface area contributed by atoms with Crippen LogP contribution in [0.15, 0.2) is 10.5 Å². The fourth-order valence-electron chi connectivity index (χ4n) is 2.36. The largest absolute Gasteiger partial charge is 0.309 e. The van der Waals surface area contributed by atoms with Gasteiger partial charge in [-0.3, -0.25) is 0 Å². The van der Waals surface area contributed by atoms with E-state index in [1.807, 2.05) is 0 Å². The Balaban J connectivity index is 1.82. The van der Waals surface area contributed by atoms with Crippen LogP contribution in [0, 0.1) is 5.92 Å². The van der Waals surface area contributed by atoms with Crippen molar-refractivity contribution in [3.8, 4) is 0 Å². The van der Waals surface area contributed by atoms with Crippen LogP contribution in [0.25, 0.3) is 0 Å². The summed E-state index contributed by atoms with van der Waals surface area (Å²) in [6.07, 6.45) is 5.60. The minimum Gasteiger partial charge on any atom is -0.309 e. The zero-order chi connectivity index (χ0) is 11.5. The number of hydrogen-bond acceptors (Lipinski definition) is 2. The SMILES string of the molecule is CC(NCc1cc(Br)c(Cl)s1)C1CCCC1. The van der Waals surface area contributed by atoms with Crippen LogP contribution in [0.5, 0.6) is 0 Å². The lowest BCUT2D eigenvalue weighted by atomic mass is 10.00. The standard InChI is InChI=1S/C12H17BrClNS/c1-8(9-4-2-3-5-9)15-7-10-6-11(13)12(14)16-10/h6,8-9,15H,2-5,7H2,1H3. The number of thiophene rings is 1. The van der Waals surface area contributed by atoms with Crippen molar-refractivity contribution in [3.63, 3.8) is 0 Å². The van der Waals surface area contributed by atoms with E-state index >= 15 is 0 Å². The van der Waals surface area contributed by atoms with Crippen molar-refractivity contribution in [3.05, 3.63) is 19.8 Å². The summed E-state index contributed by atoms with van der Waals surface area (Å²) in [5, 5.41) is 3.61. The number of rotatable bonds is 4. The molecule has 0 aliphatic heterocycles. The molecule has 1 N–H and O–H groups in total. The van der Waals surface area contributed by atoms with Crippen LogP contribution in [0.1, 0.15) is 37.5 Å². The zero-order valence-corrected chi connectivity index (χ0v) is 12.6. The molecular weight excluding hydrogens is 306 g/mol. The van der Waals surface area contributed by atoms with Gasteiger partial charge in [0.2, 0.25) is 0 Å². The van der Waals surface area contributed by atoms with Gasteiger partial charge in [-0.15, -0.1) is 11.3 Å². The summed E-state index contributed by atoms with van der Waals surface area (Å²) >= 11 is 11.1. The number of hydrogen-bond donors (Lipinski definition) is 1. The van der Waals surface area contributed by atoms with Crippen LogP contribution in [-0.4, -0.2) is 6.04 Å². The molecule has 0 spiro atoms. The van der Waals surface area contributed by atoms with Crippen molar-refractivity contribution < 1.29 is 0 Å². The van der Waals surface area contributed by atoms with Crippen molar-refractivity contribution in [2.75, 3.05) is 0 Å². The molecule has 4 heteroatoms. The van der Waals surface area contributed by atoms with E-state index in [2.05, 4.69) is 34.2 Å². The molecule has 90 valence electrons. The van der Waals surface area contributed by atoms with Crippen LogP contribution < -0.4 is 5.32 Å². The van der Waals surface area contributed by atoms with Gasteiger partial charge in [-0.05, 0) is 47.7 Å². The molecule has 1 aromatic heterocycles. The Labute approximate surface area is 115 Å². The van der Waals surface area contributed by atoms with Gasteiger partial charge in [0.15, 0.2) is 0 Å². The van der Waals surface area contributed by atoms with Gasteiger partial charge in [-0.1, -0.05) is 24.4 Å². The quantitative estimate of drug-likeness (QED) is 0.837. The van der Waals surface area contributed by atoms with E-state index in [0.29, 0.717) is 6.04 Å². The molecule has 1 atom stereocenters. The molecule has 1 saturated carbocycles. The van der Waals surface area contributed by atoms with Crippen LogP contribution in [0.4, 0.5) is 0 Å². The van der Waals surface area contributed by atoms with Gasteiger partial charge in [0.1, 0.15) is 4.34 Å². The Morgan fingerprint density at radius 1 is 1.56 bits per heavy atom. The Bertz CT molecular complexity index is 327. The molecule has 0 aromatic carbocycles. The first-order chi connectivity index (χ1) is 7.66. The van der Waals surface area contributed by atoms with Crippen molar-refractivity contribution in [1.29, 1.82) is 0 Å². The van der Waals surface area contributed by atoms with E-state index < -0.39 is 0 Å². The van der Waals surface area contributed by atoms with Gasteiger partial charge >= 0.3 is 0 Å². The Morgan fingerprint density at radius 2 is 2.25 bits per heavy atom. The highest BCUT2D eigenvalue weighted by atomic mass is 79.9. The van der Waals surface area contributed by atoms with Crippen molar-refractivity contribution in [1.82, 2.24) is 5.32 Å². The minimum atomic E-state index is 0.627. The monoisotopic (exact) mass is 321 g/mol. The van der Waals surface area contributed by atoms with E-state index in [-0.39, 0.29) is 0 Å². The van der Waals surface area contributed by atoms with E-state index in [0.717, 1.165) is 21.3 Å². The van der Waals surface area contributed by atoms with Crippen LogP contribution in [0.3, 0.4) is 0 Å². The van der Waals surface area contributed by atoms with E-state index in [1.54, 1.807) is 11.3 Å². The summed E-state index contributed by atoms with van der Waals surface area (Å²) in [6.45, 7) is 3.24. The molecule has 1 unspecified atom stereocenters. The molecule has 0 amide bonds. The third kappa shape index (κ3) is 3.22. The Kier molecular flexibility index (Phi) is 4.71. The van der Waals surface area contributed by atoms with Gasteiger partial charge in [-0.2, -0.15) is 0 Å². The van der Waals surface area contributed by atoms with Gasteiger partial charge in [0.05, 0.1) is 0 Å². The fourth-order valence-corrected chi connectivity index (χ4v) is 4.11. The number of nitrogens with one attached hydrogen (secondary N) is 1. The predicted octanol–water partition coefficient (Wildman–Crippen LogP) is 4.83. The third-order valence-corrected chi connectivity index (χ3v) is 5.88. The van der Waals surface area contributed by atoms with Crippen LogP contribution in [0.2, 0.25) is 4.34 Å².